The lowest BCUT2D eigenvalue weighted by molar-refractivity contribution is 0.306. The second-order valence-electron chi connectivity index (χ2n) is 8.05. The zero-order valence-corrected chi connectivity index (χ0v) is 19.8. The van der Waals surface area contributed by atoms with Crippen molar-refractivity contribution >= 4 is 44.7 Å². The van der Waals surface area contributed by atoms with Gasteiger partial charge >= 0.3 is 0 Å². The maximum absolute atomic E-state index is 13.4. The normalized spacial score (nSPS) is 15.5. The largest absolute Gasteiger partial charge is 0.487 e. The number of ether oxygens (including phenoxy) is 1. The molecule has 5 rings (SSSR count). The van der Waals surface area contributed by atoms with Gasteiger partial charge < -0.3 is 15.4 Å². The van der Waals surface area contributed by atoms with E-state index in [1.807, 2.05) is 12.1 Å². The van der Waals surface area contributed by atoms with Crippen LogP contribution in [-0.2, 0) is 6.61 Å². The molecule has 0 amide bonds. The fraction of sp³-hybridized carbons (Fsp3) is 0.231. The number of halogens is 2. The smallest absolute Gasteiger partial charge is 0.151 e. The Balaban J connectivity index is 1.30. The monoisotopic (exact) mass is 492 g/mol. The van der Waals surface area contributed by atoms with Gasteiger partial charge in [0, 0.05) is 18.2 Å². The molecule has 8 heteroatoms. The van der Waals surface area contributed by atoms with Gasteiger partial charge in [-0.25, -0.2) is 14.4 Å². The van der Waals surface area contributed by atoms with E-state index in [-0.39, 0.29) is 12.4 Å². The van der Waals surface area contributed by atoms with Gasteiger partial charge in [0.1, 0.15) is 24.5 Å². The molecule has 2 aromatic heterocycles. The van der Waals surface area contributed by atoms with Crippen molar-refractivity contribution in [2.75, 3.05) is 18.4 Å². The molecule has 0 radical (unpaired) electrons. The van der Waals surface area contributed by atoms with Gasteiger partial charge in [0.15, 0.2) is 5.82 Å². The third kappa shape index (κ3) is 5.48. The molecular weight excluding hydrogens is 471 g/mol. The van der Waals surface area contributed by atoms with Crippen LogP contribution in [0.15, 0.2) is 54.9 Å². The van der Waals surface area contributed by atoms with E-state index < -0.39 is 0 Å². The Morgan fingerprint density at radius 1 is 1.21 bits per heavy atom. The summed E-state index contributed by atoms with van der Waals surface area (Å²) in [5.41, 5.74) is 2.37. The lowest BCUT2D eigenvalue weighted by atomic mass is 10.0. The molecule has 0 spiro atoms. The van der Waals surface area contributed by atoms with Gasteiger partial charge in [0.05, 0.1) is 20.1 Å². The molecule has 172 valence electrons. The number of benzene rings is 2. The first-order valence-electron chi connectivity index (χ1n) is 11.0. The van der Waals surface area contributed by atoms with Crippen molar-refractivity contribution in [3.8, 4) is 17.6 Å². The number of rotatable bonds is 5. The van der Waals surface area contributed by atoms with Gasteiger partial charge in [-0.2, -0.15) is 0 Å². The highest BCUT2D eigenvalue weighted by Gasteiger charge is 2.12. The molecule has 0 saturated carbocycles. The van der Waals surface area contributed by atoms with Gasteiger partial charge in [0.2, 0.25) is 0 Å². The number of hydrogen-bond donors (Lipinski definition) is 2. The number of fused-ring (bicyclic) bond motifs is 1. The second-order valence-corrected chi connectivity index (χ2v) is 9.51. The molecular formula is C26H22ClFN4OS. The summed E-state index contributed by atoms with van der Waals surface area (Å²) in [5, 5.41) is 7.17. The number of anilines is 2. The average Bonchev–Trinajstić information content (AvgIpc) is 3.27. The van der Waals surface area contributed by atoms with Gasteiger partial charge in [-0.05, 0) is 61.3 Å². The number of nitrogens with zero attached hydrogens (tertiary/aromatic N) is 2. The van der Waals surface area contributed by atoms with Crippen LogP contribution in [0.1, 0.15) is 23.3 Å². The highest BCUT2D eigenvalue weighted by molar-refractivity contribution is 7.20. The molecule has 1 aliphatic heterocycles. The molecule has 0 aliphatic carbocycles. The number of aromatic nitrogens is 2. The van der Waals surface area contributed by atoms with Crippen LogP contribution in [0.25, 0.3) is 10.2 Å². The van der Waals surface area contributed by atoms with Crippen LogP contribution in [0.3, 0.4) is 0 Å². The first-order chi connectivity index (χ1) is 16.6. The summed E-state index contributed by atoms with van der Waals surface area (Å²) in [5.74, 6) is 8.02. The Kier molecular flexibility index (Phi) is 6.91. The van der Waals surface area contributed by atoms with Crippen LogP contribution in [0.5, 0.6) is 5.75 Å². The molecule has 3 heterocycles. The zero-order chi connectivity index (χ0) is 23.3. The first kappa shape index (κ1) is 22.6. The Bertz CT molecular complexity index is 1370. The number of piperidine rings is 1. The van der Waals surface area contributed by atoms with Gasteiger partial charge in [-0.3, -0.25) is 0 Å². The van der Waals surface area contributed by atoms with Crippen molar-refractivity contribution in [3.05, 3.63) is 76.1 Å². The average molecular weight is 493 g/mol. The Labute approximate surface area is 206 Å². The third-order valence-electron chi connectivity index (χ3n) is 5.49. The molecule has 4 aromatic rings. The third-order valence-corrected chi connectivity index (χ3v) is 6.83. The number of thiophene rings is 1. The molecule has 1 atom stereocenters. The van der Waals surface area contributed by atoms with Gasteiger partial charge in [0.25, 0.3) is 0 Å². The summed E-state index contributed by atoms with van der Waals surface area (Å²) < 4.78 is 20.1. The van der Waals surface area contributed by atoms with Crippen LogP contribution in [-0.4, -0.2) is 23.1 Å². The predicted octanol–water partition coefficient (Wildman–Crippen LogP) is 6.16. The number of nitrogens with one attached hydrogen (secondary N) is 2. The lowest BCUT2D eigenvalue weighted by Crippen LogP contribution is -2.28. The zero-order valence-electron chi connectivity index (χ0n) is 18.3. The van der Waals surface area contributed by atoms with E-state index in [2.05, 4.69) is 32.4 Å². The molecule has 1 unspecified atom stereocenters. The summed E-state index contributed by atoms with van der Waals surface area (Å²) in [7, 11) is 0. The molecule has 34 heavy (non-hydrogen) atoms. The van der Waals surface area contributed by atoms with Crippen LogP contribution in [0.4, 0.5) is 15.9 Å². The van der Waals surface area contributed by atoms with E-state index in [4.69, 9.17) is 16.3 Å². The molecule has 2 aromatic carbocycles. The summed E-state index contributed by atoms with van der Waals surface area (Å²) in [6.45, 7) is 2.26. The summed E-state index contributed by atoms with van der Waals surface area (Å²) >= 11 is 8.01. The summed E-state index contributed by atoms with van der Waals surface area (Å²) in [4.78, 5) is 9.79. The fourth-order valence-electron chi connectivity index (χ4n) is 3.77. The molecule has 2 N–H and O–H groups in total. The van der Waals surface area contributed by atoms with E-state index in [1.54, 1.807) is 35.6 Å². The minimum Gasteiger partial charge on any atom is -0.487 e. The predicted molar refractivity (Wildman–Crippen MR) is 135 cm³/mol. The van der Waals surface area contributed by atoms with E-state index in [9.17, 15) is 4.39 Å². The number of hydrogen-bond acceptors (Lipinski definition) is 6. The van der Waals surface area contributed by atoms with E-state index in [1.165, 1.54) is 24.9 Å². The first-order valence-corrected chi connectivity index (χ1v) is 12.2. The standard InChI is InChI=1S/C26H22ClFN4OS/c27-22-12-20(7-9-24(22)33-15-18-3-1-5-19(28)11-18)32-26-25-23(30-16-31-26)13-21(34-25)8-6-17-4-2-10-29-14-17/h1,3,5,7,9,11-13,16-17,29H,2,4,10,14-15H2,(H,30,31,32). The minimum atomic E-state index is -0.295. The Hall–Kier alpha value is -3.18. The maximum atomic E-state index is 13.4. The molecule has 5 nitrogen and oxygen atoms in total. The SMILES string of the molecule is Fc1cccc(COc2ccc(Nc3ncnc4cc(C#CC5CCCNC5)sc34)cc2Cl)c1. The van der Waals surface area contributed by atoms with Gasteiger partial charge in [-0.15, -0.1) is 11.3 Å². The van der Waals surface area contributed by atoms with Crippen LogP contribution in [0.2, 0.25) is 5.02 Å². The van der Waals surface area contributed by atoms with E-state index in [0.717, 1.165) is 45.9 Å². The van der Waals surface area contributed by atoms with E-state index >= 15 is 0 Å². The lowest BCUT2D eigenvalue weighted by Gasteiger charge is -2.17. The van der Waals surface area contributed by atoms with Crippen molar-refractivity contribution in [2.24, 2.45) is 5.92 Å². The maximum Gasteiger partial charge on any atom is 0.151 e. The second kappa shape index (κ2) is 10.4. The quantitative estimate of drug-likeness (QED) is 0.327. The van der Waals surface area contributed by atoms with Crippen molar-refractivity contribution < 1.29 is 9.13 Å². The Morgan fingerprint density at radius 3 is 2.97 bits per heavy atom. The fourth-order valence-corrected chi connectivity index (χ4v) is 4.93. The van der Waals surface area contributed by atoms with Crippen LogP contribution >= 0.6 is 22.9 Å². The molecule has 0 bridgehead atoms. The van der Waals surface area contributed by atoms with Crippen molar-refractivity contribution in [1.82, 2.24) is 15.3 Å². The highest BCUT2D eigenvalue weighted by atomic mass is 35.5. The highest BCUT2D eigenvalue weighted by Crippen LogP contribution is 2.33. The summed E-state index contributed by atoms with van der Waals surface area (Å²) in [6, 6.07) is 13.7. The minimum absolute atomic E-state index is 0.229. The Morgan fingerprint density at radius 2 is 2.15 bits per heavy atom. The van der Waals surface area contributed by atoms with Crippen LogP contribution < -0.4 is 15.4 Å². The molecule has 1 fully saturated rings. The van der Waals surface area contributed by atoms with E-state index in [0.29, 0.717) is 22.5 Å². The van der Waals surface area contributed by atoms with Crippen molar-refractivity contribution in [1.29, 1.82) is 0 Å². The topological polar surface area (TPSA) is 59.1 Å². The molecule has 1 aliphatic rings. The van der Waals surface area contributed by atoms with Crippen molar-refractivity contribution in [3.63, 3.8) is 0 Å². The summed E-state index contributed by atoms with van der Waals surface area (Å²) in [6.07, 6.45) is 3.85. The van der Waals surface area contributed by atoms with Crippen LogP contribution in [0, 0.1) is 23.6 Å². The van der Waals surface area contributed by atoms with Crippen molar-refractivity contribution in [2.45, 2.75) is 19.4 Å². The van der Waals surface area contributed by atoms with Gasteiger partial charge in [-0.1, -0.05) is 35.6 Å². The molecule has 1 saturated heterocycles.